The highest BCUT2D eigenvalue weighted by atomic mass is 79.9. The molecule has 0 saturated carbocycles. The fourth-order valence-electron chi connectivity index (χ4n) is 1.87. The molecule has 20 heavy (non-hydrogen) atoms. The van der Waals surface area contributed by atoms with Crippen LogP contribution >= 0.6 is 15.9 Å². The monoisotopic (exact) mass is 339 g/mol. The molecule has 2 aromatic rings. The third-order valence-corrected chi connectivity index (χ3v) is 3.27. The van der Waals surface area contributed by atoms with Gasteiger partial charge >= 0.3 is 0 Å². The van der Waals surface area contributed by atoms with E-state index in [2.05, 4.69) is 21.2 Å². The van der Waals surface area contributed by atoms with Crippen molar-refractivity contribution in [3.8, 4) is 0 Å². The maximum absolute atomic E-state index is 13.9. The van der Waals surface area contributed by atoms with Crippen molar-refractivity contribution in [3.05, 3.63) is 63.1 Å². The summed E-state index contributed by atoms with van der Waals surface area (Å²) >= 11 is 3.30. The van der Waals surface area contributed by atoms with E-state index in [0.29, 0.717) is 5.69 Å². The second-order valence-corrected chi connectivity index (χ2v) is 5.44. The molecule has 2 rings (SSSR count). The first-order valence-corrected chi connectivity index (χ1v) is 6.71. The molecular formula is C15H12BrF2NO. The molecule has 0 bridgehead atoms. The average molecular weight is 340 g/mol. The van der Waals surface area contributed by atoms with Gasteiger partial charge in [0, 0.05) is 10.2 Å². The zero-order chi connectivity index (χ0) is 14.9. The summed E-state index contributed by atoms with van der Waals surface area (Å²) in [6, 6.07) is 7.62. The molecule has 5 heteroatoms. The Labute approximate surface area is 123 Å². The minimum Gasteiger partial charge on any atom is -0.322 e. The average Bonchev–Trinajstić information content (AvgIpc) is 2.33. The summed E-state index contributed by atoms with van der Waals surface area (Å²) in [5.41, 5.74) is 1.05. The molecule has 0 spiro atoms. The molecule has 0 atom stereocenters. The number of amides is 1. The topological polar surface area (TPSA) is 29.1 Å². The largest absolute Gasteiger partial charge is 0.322 e. The Hall–Kier alpha value is -1.75. The van der Waals surface area contributed by atoms with Crippen molar-refractivity contribution in [2.45, 2.75) is 13.8 Å². The smallest absolute Gasteiger partial charge is 0.261 e. The Morgan fingerprint density at radius 3 is 2.50 bits per heavy atom. The summed E-state index contributed by atoms with van der Waals surface area (Å²) in [4.78, 5) is 12.0. The van der Waals surface area contributed by atoms with Crippen molar-refractivity contribution >= 4 is 27.5 Å². The molecule has 2 nitrogen and oxygen atoms in total. The number of rotatable bonds is 2. The van der Waals surface area contributed by atoms with Gasteiger partial charge in [0.05, 0.1) is 0 Å². The molecule has 0 aromatic heterocycles. The van der Waals surface area contributed by atoms with Gasteiger partial charge in [0.15, 0.2) is 0 Å². The van der Waals surface area contributed by atoms with E-state index < -0.39 is 23.1 Å². The Balaban J connectivity index is 2.35. The van der Waals surface area contributed by atoms with Gasteiger partial charge in [0.1, 0.15) is 17.2 Å². The Morgan fingerprint density at radius 1 is 1.15 bits per heavy atom. The minimum absolute atomic E-state index is 0.224. The molecule has 2 aromatic carbocycles. The van der Waals surface area contributed by atoms with Crippen LogP contribution in [0.3, 0.4) is 0 Å². The van der Waals surface area contributed by atoms with Crippen molar-refractivity contribution in [1.29, 1.82) is 0 Å². The van der Waals surface area contributed by atoms with Crippen LogP contribution < -0.4 is 5.32 Å². The van der Waals surface area contributed by atoms with Gasteiger partial charge in [-0.2, -0.15) is 0 Å². The molecule has 1 N–H and O–H groups in total. The maximum atomic E-state index is 13.9. The normalized spacial score (nSPS) is 10.4. The van der Waals surface area contributed by atoms with E-state index in [1.54, 1.807) is 12.1 Å². The highest BCUT2D eigenvalue weighted by molar-refractivity contribution is 9.10. The molecule has 0 unspecified atom stereocenters. The number of anilines is 1. The number of halogens is 3. The first-order valence-electron chi connectivity index (χ1n) is 5.91. The van der Waals surface area contributed by atoms with Gasteiger partial charge in [-0.3, -0.25) is 4.79 Å². The number of hydrogen-bond acceptors (Lipinski definition) is 1. The molecule has 0 saturated heterocycles. The van der Waals surface area contributed by atoms with Gasteiger partial charge in [-0.05, 0) is 49.2 Å². The molecule has 0 radical (unpaired) electrons. The summed E-state index contributed by atoms with van der Waals surface area (Å²) in [6.45, 7) is 3.34. The van der Waals surface area contributed by atoms with Crippen LogP contribution in [0.15, 0.2) is 34.8 Å². The van der Waals surface area contributed by atoms with E-state index in [0.717, 1.165) is 16.1 Å². The molecule has 0 aliphatic heterocycles. The number of aryl methyl sites for hydroxylation is 2. The maximum Gasteiger partial charge on any atom is 0.261 e. The zero-order valence-electron chi connectivity index (χ0n) is 10.9. The fraction of sp³-hybridized carbons (Fsp3) is 0.133. The lowest BCUT2D eigenvalue weighted by Gasteiger charge is -2.09. The quantitative estimate of drug-likeness (QED) is 0.851. The summed E-state index contributed by atoms with van der Waals surface area (Å²) in [5, 5.41) is 2.50. The van der Waals surface area contributed by atoms with Crippen molar-refractivity contribution in [1.82, 2.24) is 0 Å². The van der Waals surface area contributed by atoms with Gasteiger partial charge in [-0.1, -0.05) is 22.0 Å². The first-order chi connectivity index (χ1) is 9.38. The van der Waals surface area contributed by atoms with E-state index in [4.69, 9.17) is 0 Å². The van der Waals surface area contributed by atoms with E-state index >= 15 is 0 Å². The highest BCUT2D eigenvalue weighted by Gasteiger charge is 2.19. The standard InChI is InChI=1S/C15H12BrF2NO/c1-8-5-10(16)7-11(6-8)19-15(20)13-12(17)4-3-9(2)14(13)18/h3-7H,1-2H3,(H,19,20). The first kappa shape index (κ1) is 14.7. The van der Waals surface area contributed by atoms with E-state index in [1.165, 1.54) is 13.0 Å². The number of nitrogens with one attached hydrogen (secondary N) is 1. The second kappa shape index (κ2) is 5.71. The number of carbonyl (C=O) groups is 1. The van der Waals surface area contributed by atoms with E-state index in [9.17, 15) is 13.6 Å². The Bertz CT molecular complexity index is 666. The fourth-order valence-corrected chi connectivity index (χ4v) is 2.47. The SMILES string of the molecule is Cc1cc(Br)cc(NC(=O)c2c(F)ccc(C)c2F)c1. The third kappa shape index (κ3) is 3.04. The van der Waals surface area contributed by atoms with Crippen molar-refractivity contribution in [2.75, 3.05) is 5.32 Å². The minimum atomic E-state index is -0.877. The molecule has 0 heterocycles. The lowest BCUT2D eigenvalue weighted by atomic mass is 10.1. The molecule has 1 amide bonds. The Kier molecular flexibility index (Phi) is 4.18. The Morgan fingerprint density at radius 2 is 1.85 bits per heavy atom. The van der Waals surface area contributed by atoms with Gasteiger partial charge in [-0.25, -0.2) is 8.78 Å². The van der Waals surface area contributed by atoms with E-state index in [1.807, 2.05) is 13.0 Å². The number of hydrogen-bond donors (Lipinski definition) is 1. The van der Waals surface area contributed by atoms with Crippen molar-refractivity contribution in [3.63, 3.8) is 0 Å². The van der Waals surface area contributed by atoms with Gasteiger partial charge in [-0.15, -0.1) is 0 Å². The molecule has 104 valence electrons. The second-order valence-electron chi connectivity index (χ2n) is 4.52. The van der Waals surface area contributed by atoms with Gasteiger partial charge < -0.3 is 5.32 Å². The van der Waals surface area contributed by atoms with Crippen LogP contribution in [-0.2, 0) is 0 Å². The van der Waals surface area contributed by atoms with Crippen LogP contribution in [0.5, 0.6) is 0 Å². The molecule has 0 fully saturated rings. The number of benzene rings is 2. The molecule has 0 aliphatic rings. The van der Waals surface area contributed by atoms with Crippen LogP contribution in [-0.4, -0.2) is 5.91 Å². The van der Waals surface area contributed by atoms with Crippen molar-refractivity contribution < 1.29 is 13.6 Å². The van der Waals surface area contributed by atoms with Gasteiger partial charge in [0.2, 0.25) is 0 Å². The van der Waals surface area contributed by atoms with Gasteiger partial charge in [0.25, 0.3) is 5.91 Å². The summed E-state index contributed by atoms with van der Waals surface area (Å²) in [6.07, 6.45) is 0. The summed E-state index contributed by atoms with van der Waals surface area (Å²) < 4.78 is 28.3. The lowest BCUT2D eigenvalue weighted by molar-refractivity contribution is 0.101. The van der Waals surface area contributed by atoms with Crippen LogP contribution in [0, 0.1) is 25.5 Å². The third-order valence-electron chi connectivity index (χ3n) is 2.81. The molecular weight excluding hydrogens is 328 g/mol. The molecule has 0 aliphatic carbocycles. The van der Waals surface area contributed by atoms with Crippen molar-refractivity contribution in [2.24, 2.45) is 0 Å². The number of carbonyl (C=O) groups excluding carboxylic acids is 1. The summed E-state index contributed by atoms with van der Waals surface area (Å²) in [5.74, 6) is -2.52. The zero-order valence-corrected chi connectivity index (χ0v) is 12.5. The highest BCUT2D eigenvalue weighted by Crippen LogP contribution is 2.22. The predicted molar refractivity (Wildman–Crippen MR) is 77.9 cm³/mol. The van der Waals surface area contributed by atoms with Crippen LogP contribution in [0.25, 0.3) is 0 Å². The lowest BCUT2D eigenvalue weighted by Crippen LogP contribution is -2.16. The van der Waals surface area contributed by atoms with E-state index in [-0.39, 0.29) is 5.56 Å². The summed E-state index contributed by atoms with van der Waals surface area (Å²) in [7, 11) is 0. The van der Waals surface area contributed by atoms with Crippen LogP contribution in [0.1, 0.15) is 21.5 Å². The van der Waals surface area contributed by atoms with Crippen LogP contribution in [0.4, 0.5) is 14.5 Å². The van der Waals surface area contributed by atoms with Crippen LogP contribution in [0.2, 0.25) is 0 Å². The predicted octanol–water partition coefficient (Wildman–Crippen LogP) is 4.60.